The minimum atomic E-state index is -0.434. The van der Waals surface area contributed by atoms with Gasteiger partial charge in [-0.3, -0.25) is 9.59 Å². The summed E-state index contributed by atoms with van der Waals surface area (Å²) >= 11 is 6.12. The quantitative estimate of drug-likeness (QED) is 0.586. The normalized spacial score (nSPS) is 17.0. The largest absolute Gasteiger partial charge is 0.349 e. The van der Waals surface area contributed by atoms with Crippen molar-refractivity contribution in [2.24, 2.45) is 4.99 Å². The lowest BCUT2D eigenvalue weighted by Crippen LogP contribution is -2.33. The number of aliphatic imine (C=N–C) groups is 1. The number of nitriles is 1. The van der Waals surface area contributed by atoms with Gasteiger partial charge in [0.2, 0.25) is 0 Å². The van der Waals surface area contributed by atoms with Gasteiger partial charge in [0.1, 0.15) is 17.5 Å². The number of rotatable bonds is 3. The maximum atomic E-state index is 12.8. The highest BCUT2D eigenvalue weighted by molar-refractivity contribution is 6.34. The third kappa shape index (κ3) is 3.85. The van der Waals surface area contributed by atoms with Crippen LogP contribution in [0.3, 0.4) is 0 Å². The van der Waals surface area contributed by atoms with E-state index in [0.29, 0.717) is 21.7 Å². The van der Waals surface area contributed by atoms with E-state index in [9.17, 15) is 14.9 Å². The van der Waals surface area contributed by atoms with Crippen LogP contribution in [0.15, 0.2) is 59.1 Å². The summed E-state index contributed by atoms with van der Waals surface area (Å²) in [4.78, 5) is 29.9. The lowest BCUT2D eigenvalue weighted by atomic mass is 10.0. The number of nitrogens with zero attached hydrogens (tertiary/aromatic N) is 2. The van der Waals surface area contributed by atoms with Gasteiger partial charge in [-0.15, -0.1) is 0 Å². The van der Waals surface area contributed by atoms with Crippen LogP contribution in [-0.2, 0) is 4.79 Å². The molecule has 0 atom stereocenters. The minimum absolute atomic E-state index is 0.0589. The molecule has 1 fully saturated rings. The highest BCUT2D eigenvalue weighted by Crippen LogP contribution is 2.31. The SMILES string of the molecule is N#C/C(C(=O)NC1CCCC1)=C1/N=C(NC(=O)c2ccccc2Cl)c2ccccc21. The number of hydrogen-bond donors (Lipinski definition) is 2. The molecule has 2 aromatic rings. The first-order valence-corrected chi connectivity index (χ1v) is 10.2. The lowest BCUT2D eigenvalue weighted by Gasteiger charge is -2.11. The van der Waals surface area contributed by atoms with Gasteiger partial charge >= 0.3 is 0 Å². The maximum absolute atomic E-state index is 12.8. The van der Waals surface area contributed by atoms with Crippen molar-refractivity contribution in [2.75, 3.05) is 0 Å². The zero-order valence-electron chi connectivity index (χ0n) is 16.1. The monoisotopic (exact) mass is 418 g/mol. The van der Waals surface area contributed by atoms with Gasteiger partial charge in [0.05, 0.1) is 16.3 Å². The first kappa shape index (κ1) is 19.9. The Hall–Kier alpha value is -3.43. The van der Waals surface area contributed by atoms with E-state index in [2.05, 4.69) is 15.6 Å². The summed E-state index contributed by atoms with van der Waals surface area (Å²) < 4.78 is 0. The standard InChI is InChI=1S/C23H19ClN4O2/c24-19-12-6-5-11-17(19)22(29)28-21-16-10-4-3-9-15(16)20(27-21)18(13-25)23(30)26-14-7-1-2-8-14/h3-6,9-12,14H,1-2,7-8H2,(H,26,30)(H,27,28,29)/b20-18-. The Morgan fingerprint density at radius 1 is 1.03 bits per heavy atom. The summed E-state index contributed by atoms with van der Waals surface area (Å²) in [5.41, 5.74) is 1.80. The molecule has 1 heterocycles. The van der Waals surface area contributed by atoms with E-state index in [4.69, 9.17) is 11.6 Å². The van der Waals surface area contributed by atoms with Gasteiger partial charge in [0.25, 0.3) is 11.8 Å². The molecule has 150 valence electrons. The van der Waals surface area contributed by atoms with Gasteiger partial charge in [-0.05, 0) is 25.0 Å². The smallest absolute Gasteiger partial charge is 0.264 e. The molecular weight excluding hydrogens is 400 g/mol. The van der Waals surface area contributed by atoms with Crippen LogP contribution in [0.5, 0.6) is 0 Å². The number of halogens is 1. The molecule has 1 saturated carbocycles. The van der Waals surface area contributed by atoms with E-state index < -0.39 is 11.8 Å². The van der Waals surface area contributed by atoms with Crippen molar-refractivity contribution in [3.63, 3.8) is 0 Å². The van der Waals surface area contributed by atoms with E-state index in [-0.39, 0.29) is 23.1 Å². The molecule has 7 heteroatoms. The molecule has 30 heavy (non-hydrogen) atoms. The van der Waals surface area contributed by atoms with Crippen LogP contribution in [0.1, 0.15) is 47.2 Å². The van der Waals surface area contributed by atoms with Gasteiger partial charge in [-0.1, -0.05) is 60.8 Å². The fraction of sp³-hybridized carbons (Fsp3) is 0.217. The molecule has 0 radical (unpaired) electrons. The topological polar surface area (TPSA) is 94.3 Å². The molecule has 2 aromatic carbocycles. The number of carbonyl (C=O) groups is 2. The van der Waals surface area contributed by atoms with Crippen molar-refractivity contribution >= 4 is 34.9 Å². The second-order valence-corrected chi connectivity index (χ2v) is 7.64. The second-order valence-electron chi connectivity index (χ2n) is 7.23. The van der Waals surface area contributed by atoms with E-state index >= 15 is 0 Å². The van der Waals surface area contributed by atoms with Gasteiger partial charge in [-0.25, -0.2) is 4.99 Å². The molecule has 6 nitrogen and oxygen atoms in total. The number of amidine groups is 1. The lowest BCUT2D eigenvalue weighted by molar-refractivity contribution is -0.117. The average Bonchev–Trinajstić information content (AvgIpc) is 3.38. The van der Waals surface area contributed by atoms with Gasteiger partial charge in [0.15, 0.2) is 0 Å². The minimum Gasteiger partial charge on any atom is -0.349 e. The Kier molecular flexibility index (Phi) is 5.64. The Morgan fingerprint density at radius 2 is 1.70 bits per heavy atom. The Bertz CT molecular complexity index is 1120. The van der Waals surface area contributed by atoms with Gasteiger partial charge in [0, 0.05) is 17.2 Å². The fourth-order valence-electron chi connectivity index (χ4n) is 3.77. The molecule has 4 rings (SSSR count). The number of nitrogens with one attached hydrogen (secondary N) is 2. The summed E-state index contributed by atoms with van der Waals surface area (Å²) in [5.74, 6) is -0.562. The highest BCUT2D eigenvalue weighted by Gasteiger charge is 2.28. The third-order valence-corrected chi connectivity index (χ3v) is 5.61. The molecule has 1 aliphatic heterocycles. The molecular formula is C23H19ClN4O2. The molecule has 0 unspecified atom stereocenters. The summed E-state index contributed by atoms with van der Waals surface area (Å²) in [6, 6.07) is 16.0. The van der Waals surface area contributed by atoms with Gasteiger partial charge < -0.3 is 10.6 Å². The highest BCUT2D eigenvalue weighted by atomic mass is 35.5. The van der Waals surface area contributed by atoms with Crippen molar-refractivity contribution in [1.29, 1.82) is 5.26 Å². The first-order chi connectivity index (χ1) is 14.6. The van der Waals surface area contributed by atoms with E-state index in [0.717, 1.165) is 25.7 Å². The van der Waals surface area contributed by atoms with Crippen LogP contribution in [0.25, 0.3) is 5.70 Å². The van der Waals surface area contributed by atoms with Crippen LogP contribution in [0.2, 0.25) is 5.02 Å². The molecule has 0 aromatic heterocycles. The van der Waals surface area contributed by atoms with Crippen LogP contribution in [0.4, 0.5) is 0 Å². The number of fused-ring (bicyclic) bond motifs is 1. The van der Waals surface area contributed by atoms with E-state index in [1.54, 1.807) is 42.5 Å². The summed E-state index contributed by atoms with van der Waals surface area (Å²) in [6.45, 7) is 0. The number of amides is 2. The second kappa shape index (κ2) is 8.52. The summed E-state index contributed by atoms with van der Waals surface area (Å²) in [7, 11) is 0. The zero-order chi connectivity index (χ0) is 21.1. The molecule has 2 amide bonds. The molecule has 2 N–H and O–H groups in total. The van der Waals surface area contributed by atoms with Crippen molar-refractivity contribution in [2.45, 2.75) is 31.7 Å². The molecule has 1 aliphatic carbocycles. The molecule has 0 spiro atoms. The van der Waals surface area contributed by atoms with E-state index in [1.165, 1.54) is 0 Å². The number of carbonyl (C=O) groups excluding carboxylic acids is 2. The Balaban J connectivity index is 1.68. The van der Waals surface area contributed by atoms with Crippen molar-refractivity contribution < 1.29 is 9.59 Å². The summed E-state index contributed by atoms with van der Waals surface area (Å²) in [5, 5.41) is 15.7. The van der Waals surface area contributed by atoms with Gasteiger partial charge in [-0.2, -0.15) is 5.26 Å². The predicted octanol–water partition coefficient (Wildman–Crippen LogP) is 3.82. The molecule has 0 bridgehead atoms. The van der Waals surface area contributed by atoms with Crippen LogP contribution < -0.4 is 10.6 Å². The Morgan fingerprint density at radius 3 is 2.40 bits per heavy atom. The van der Waals surface area contributed by atoms with Crippen LogP contribution >= 0.6 is 11.6 Å². The maximum Gasteiger partial charge on any atom is 0.264 e. The average molecular weight is 419 g/mol. The van der Waals surface area contributed by atoms with Crippen molar-refractivity contribution in [1.82, 2.24) is 10.6 Å². The number of benzene rings is 2. The Labute approximate surface area is 179 Å². The van der Waals surface area contributed by atoms with E-state index in [1.807, 2.05) is 12.1 Å². The van der Waals surface area contributed by atoms with Crippen LogP contribution in [0, 0.1) is 11.3 Å². The predicted molar refractivity (Wildman–Crippen MR) is 115 cm³/mol. The zero-order valence-corrected chi connectivity index (χ0v) is 16.9. The van der Waals surface area contributed by atoms with Crippen molar-refractivity contribution in [3.8, 4) is 6.07 Å². The summed E-state index contributed by atoms with van der Waals surface area (Å²) in [6.07, 6.45) is 3.97. The first-order valence-electron chi connectivity index (χ1n) is 9.78. The van der Waals surface area contributed by atoms with Crippen LogP contribution in [-0.4, -0.2) is 23.7 Å². The number of hydrogen-bond acceptors (Lipinski definition) is 4. The third-order valence-electron chi connectivity index (χ3n) is 5.28. The molecule has 2 aliphatic rings. The molecule has 0 saturated heterocycles. The van der Waals surface area contributed by atoms with Crippen molar-refractivity contribution in [3.05, 3.63) is 75.8 Å². The fourth-order valence-corrected chi connectivity index (χ4v) is 3.99.